The van der Waals surface area contributed by atoms with Crippen LogP contribution in [0.4, 0.5) is 20.2 Å². The number of fused-ring (bicyclic) bond motifs is 1. The Morgan fingerprint density at radius 2 is 1.89 bits per heavy atom. The van der Waals surface area contributed by atoms with Gasteiger partial charge in [-0.3, -0.25) is 14.9 Å². The van der Waals surface area contributed by atoms with E-state index < -0.39 is 17.3 Å². The van der Waals surface area contributed by atoms with Crippen LogP contribution in [0.1, 0.15) is 52.6 Å². The topological polar surface area (TPSA) is 102 Å². The Morgan fingerprint density at radius 1 is 1.14 bits per heavy atom. The average Bonchev–Trinajstić information content (AvgIpc) is 3.58. The van der Waals surface area contributed by atoms with Gasteiger partial charge < -0.3 is 5.32 Å². The lowest BCUT2D eigenvalue weighted by Crippen LogP contribution is -2.13. The molecule has 2 aromatic carbocycles. The van der Waals surface area contributed by atoms with Crippen molar-refractivity contribution in [1.29, 1.82) is 0 Å². The highest BCUT2D eigenvalue weighted by Crippen LogP contribution is 2.40. The highest BCUT2D eigenvalue weighted by atomic mass is 32.2. The summed E-state index contributed by atoms with van der Waals surface area (Å²) in [5, 5.41) is 18.1. The van der Waals surface area contributed by atoms with E-state index in [-0.39, 0.29) is 34.3 Å². The fourth-order valence-corrected chi connectivity index (χ4v) is 4.54. The quantitative estimate of drug-likeness (QED) is 0.243. The van der Waals surface area contributed by atoms with Crippen LogP contribution in [0.3, 0.4) is 0 Å². The summed E-state index contributed by atoms with van der Waals surface area (Å²) in [5.74, 6) is -0.533. The first kappa shape index (κ1) is 22.9. The Morgan fingerprint density at radius 3 is 2.54 bits per heavy atom. The summed E-state index contributed by atoms with van der Waals surface area (Å²) >= 11 is 1.32. The molecule has 35 heavy (non-hydrogen) atoms. The summed E-state index contributed by atoms with van der Waals surface area (Å²) in [6.45, 7) is 1.96. The van der Waals surface area contributed by atoms with Gasteiger partial charge in [-0.15, -0.1) is 0 Å². The number of anilines is 1. The number of amides is 1. The van der Waals surface area contributed by atoms with Crippen molar-refractivity contribution in [2.24, 2.45) is 0 Å². The SMILES string of the molecule is Cc1ccc(Sc2cc(NC(=O)c3cc4nc(C5CC5)cc(C(F)F)n4n3)cc([N+](=O)[O-])c2)cc1. The lowest BCUT2D eigenvalue weighted by molar-refractivity contribution is -0.385. The zero-order chi connectivity index (χ0) is 24.7. The maximum atomic E-state index is 13.6. The Bertz CT molecular complexity index is 1450. The van der Waals surface area contributed by atoms with Gasteiger partial charge in [-0.1, -0.05) is 29.5 Å². The molecule has 2 aromatic heterocycles. The molecule has 0 unspecified atom stereocenters. The van der Waals surface area contributed by atoms with E-state index in [0.29, 0.717) is 10.6 Å². The molecule has 0 bridgehead atoms. The maximum Gasteiger partial charge on any atom is 0.280 e. The number of nitrogens with one attached hydrogen (secondary N) is 1. The van der Waals surface area contributed by atoms with E-state index in [4.69, 9.17) is 0 Å². The van der Waals surface area contributed by atoms with Gasteiger partial charge in [0.1, 0.15) is 5.69 Å². The zero-order valence-corrected chi connectivity index (χ0v) is 19.3. The largest absolute Gasteiger partial charge is 0.320 e. The Hall–Kier alpha value is -3.86. The first-order valence-electron chi connectivity index (χ1n) is 10.8. The van der Waals surface area contributed by atoms with Crippen LogP contribution in [-0.2, 0) is 0 Å². The predicted octanol–water partition coefficient (Wildman–Crippen LogP) is 6.16. The van der Waals surface area contributed by atoms with Crippen LogP contribution in [0.15, 0.2) is 64.4 Å². The maximum absolute atomic E-state index is 13.6. The van der Waals surface area contributed by atoms with Crippen molar-refractivity contribution in [3.8, 4) is 0 Å². The highest BCUT2D eigenvalue weighted by Gasteiger charge is 2.28. The number of nitrogens with zero attached hydrogens (tertiary/aromatic N) is 4. The first-order valence-corrected chi connectivity index (χ1v) is 11.6. The predicted molar refractivity (Wildman–Crippen MR) is 126 cm³/mol. The smallest absolute Gasteiger partial charge is 0.280 e. The van der Waals surface area contributed by atoms with Gasteiger partial charge in [-0.25, -0.2) is 18.3 Å². The van der Waals surface area contributed by atoms with Gasteiger partial charge in [0.15, 0.2) is 11.3 Å². The van der Waals surface area contributed by atoms with Gasteiger partial charge in [-0.05, 0) is 44.0 Å². The van der Waals surface area contributed by atoms with Gasteiger partial charge >= 0.3 is 0 Å². The third kappa shape index (κ3) is 4.99. The summed E-state index contributed by atoms with van der Waals surface area (Å²) in [6, 6.07) is 14.6. The Balaban J connectivity index is 1.44. The second kappa shape index (κ2) is 9.06. The van der Waals surface area contributed by atoms with Crippen molar-refractivity contribution in [2.45, 2.75) is 41.9 Å². The van der Waals surface area contributed by atoms with Gasteiger partial charge in [0.2, 0.25) is 0 Å². The molecule has 8 nitrogen and oxygen atoms in total. The fraction of sp³-hybridized carbons (Fsp3) is 0.208. The Kier molecular flexibility index (Phi) is 5.93. The second-order valence-corrected chi connectivity index (χ2v) is 9.47. The van der Waals surface area contributed by atoms with E-state index in [1.165, 1.54) is 36.0 Å². The minimum Gasteiger partial charge on any atom is -0.320 e. The average molecular weight is 496 g/mol. The molecule has 1 saturated carbocycles. The van der Waals surface area contributed by atoms with Gasteiger partial charge in [0, 0.05) is 45.3 Å². The summed E-state index contributed by atoms with van der Waals surface area (Å²) in [7, 11) is 0. The van der Waals surface area contributed by atoms with E-state index in [1.807, 2.05) is 31.2 Å². The minimum absolute atomic E-state index is 0.119. The van der Waals surface area contributed by atoms with Gasteiger partial charge in [0.05, 0.1) is 4.92 Å². The van der Waals surface area contributed by atoms with E-state index in [2.05, 4.69) is 15.4 Å². The number of benzene rings is 2. The number of alkyl halides is 2. The molecule has 4 aromatic rings. The molecular weight excluding hydrogens is 476 g/mol. The van der Waals surface area contributed by atoms with E-state index >= 15 is 0 Å². The monoisotopic (exact) mass is 495 g/mol. The molecule has 1 aliphatic carbocycles. The molecule has 2 heterocycles. The van der Waals surface area contributed by atoms with Crippen LogP contribution in [0.2, 0.25) is 0 Å². The van der Waals surface area contributed by atoms with Crippen LogP contribution in [0.25, 0.3) is 5.65 Å². The third-order valence-electron chi connectivity index (χ3n) is 5.54. The number of nitro benzene ring substituents is 1. The summed E-state index contributed by atoms with van der Waals surface area (Å²) < 4.78 is 28.2. The highest BCUT2D eigenvalue weighted by molar-refractivity contribution is 7.99. The molecule has 178 valence electrons. The number of halogens is 2. The molecule has 1 aliphatic rings. The van der Waals surface area contributed by atoms with Gasteiger partial charge in [0.25, 0.3) is 18.0 Å². The molecule has 1 N–H and O–H groups in total. The molecule has 0 atom stereocenters. The van der Waals surface area contributed by atoms with Gasteiger partial charge in [-0.2, -0.15) is 5.10 Å². The molecule has 0 spiro atoms. The van der Waals surface area contributed by atoms with Crippen LogP contribution >= 0.6 is 11.8 Å². The molecule has 1 fully saturated rings. The summed E-state index contributed by atoms with van der Waals surface area (Å²) in [5.41, 5.74) is 1.36. The van der Waals surface area contributed by atoms with E-state index in [1.54, 1.807) is 6.07 Å². The molecule has 11 heteroatoms. The summed E-state index contributed by atoms with van der Waals surface area (Å²) in [6.07, 6.45) is -1.00. The van der Waals surface area contributed by atoms with Crippen molar-refractivity contribution in [3.05, 3.63) is 87.4 Å². The first-order chi connectivity index (χ1) is 16.8. The van der Waals surface area contributed by atoms with E-state index in [9.17, 15) is 23.7 Å². The lowest BCUT2D eigenvalue weighted by Gasteiger charge is -2.07. The standard InChI is InChI=1S/C24H19F2N5O3S/c1-13-2-6-17(7-3-13)35-18-9-15(8-16(10-18)31(33)34)27-24(32)20-12-22-28-19(14-4-5-14)11-21(23(25)26)30(22)29-20/h2-3,6-12,14,23H,4-5H2,1H3,(H,27,32). The molecular formula is C24H19F2N5O3S. The number of hydrogen-bond acceptors (Lipinski definition) is 6. The second-order valence-electron chi connectivity index (χ2n) is 8.32. The molecule has 0 radical (unpaired) electrons. The number of carbonyl (C=O) groups is 1. The van der Waals surface area contributed by atoms with Crippen LogP contribution in [0.5, 0.6) is 0 Å². The third-order valence-corrected chi connectivity index (χ3v) is 6.52. The number of nitro groups is 1. The summed E-state index contributed by atoms with van der Waals surface area (Å²) in [4.78, 5) is 29.6. The molecule has 1 amide bonds. The van der Waals surface area contributed by atoms with Crippen LogP contribution in [-0.4, -0.2) is 25.4 Å². The normalized spacial score (nSPS) is 13.4. The van der Waals surface area contributed by atoms with Crippen molar-refractivity contribution in [3.63, 3.8) is 0 Å². The van der Waals surface area contributed by atoms with Crippen molar-refractivity contribution < 1.29 is 18.5 Å². The van der Waals surface area contributed by atoms with Crippen LogP contribution in [0, 0.1) is 17.0 Å². The number of rotatable bonds is 7. The number of carbonyl (C=O) groups excluding carboxylic acids is 1. The number of hydrogen-bond donors (Lipinski definition) is 1. The van der Waals surface area contributed by atoms with E-state index in [0.717, 1.165) is 27.8 Å². The number of aryl methyl sites for hydroxylation is 1. The van der Waals surface area contributed by atoms with Crippen molar-refractivity contribution in [2.75, 3.05) is 5.32 Å². The Labute approximate surface area is 202 Å². The zero-order valence-electron chi connectivity index (χ0n) is 18.4. The molecule has 0 saturated heterocycles. The fourth-order valence-electron chi connectivity index (χ4n) is 3.63. The lowest BCUT2D eigenvalue weighted by atomic mass is 10.2. The van der Waals surface area contributed by atoms with Crippen molar-refractivity contribution in [1.82, 2.24) is 14.6 Å². The van der Waals surface area contributed by atoms with Crippen molar-refractivity contribution >= 4 is 34.7 Å². The molecule has 5 rings (SSSR count). The number of aromatic nitrogens is 3. The minimum atomic E-state index is -2.79. The van der Waals surface area contributed by atoms with Crippen LogP contribution < -0.4 is 5.32 Å². The molecule has 0 aliphatic heterocycles. The number of non-ortho nitro benzene ring substituents is 1.